The second-order valence-corrected chi connectivity index (χ2v) is 8.86. The summed E-state index contributed by atoms with van der Waals surface area (Å²) in [4.78, 5) is 2.16. The highest BCUT2D eigenvalue weighted by molar-refractivity contribution is 9.10. The summed E-state index contributed by atoms with van der Waals surface area (Å²) in [5, 5.41) is 12.4. The van der Waals surface area contributed by atoms with Gasteiger partial charge in [0.1, 0.15) is 5.60 Å². The highest BCUT2D eigenvalue weighted by Gasteiger charge is 2.42. The Morgan fingerprint density at radius 2 is 1.29 bits per heavy atom. The van der Waals surface area contributed by atoms with E-state index in [1.807, 2.05) is 66.7 Å². The van der Waals surface area contributed by atoms with Crippen molar-refractivity contribution < 1.29 is 5.11 Å². The molecular weight excluding hydrogens is 428 g/mol. The van der Waals surface area contributed by atoms with Gasteiger partial charge in [-0.15, -0.1) is 0 Å². The maximum Gasteiger partial charge on any atom is 0.143 e. The highest BCUT2D eigenvalue weighted by atomic mass is 79.9. The van der Waals surface area contributed by atoms with E-state index in [1.54, 1.807) is 11.8 Å². The van der Waals surface area contributed by atoms with E-state index >= 15 is 0 Å². The summed E-state index contributed by atoms with van der Waals surface area (Å²) >= 11 is 5.31. The lowest BCUT2D eigenvalue weighted by Crippen LogP contribution is -2.32. The molecule has 0 aliphatic carbocycles. The van der Waals surface area contributed by atoms with Gasteiger partial charge in [-0.05, 0) is 35.4 Å². The van der Waals surface area contributed by atoms with Crippen LogP contribution in [0.1, 0.15) is 16.7 Å². The van der Waals surface area contributed by atoms with E-state index in [0.29, 0.717) is 0 Å². The van der Waals surface area contributed by atoms with Crippen molar-refractivity contribution >= 4 is 27.7 Å². The average molecular weight is 445 g/mol. The molecule has 3 heteroatoms. The van der Waals surface area contributed by atoms with E-state index in [9.17, 15) is 5.11 Å². The minimum absolute atomic E-state index is 0.897. The topological polar surface area (TPSA) is 20.2 Å². The van der Waals surface area contributed by atoms with Gasteiger partial charge in [0, 0.05) is 31.0 Å². The van der Waals surface area contributed by atoms with Gasteiger partial charge in [0.25, 0.3) is 0 Å². The van der Waals surface area contributed by atoms with Crippen LogP contribution in [0.15, 0.2) is 111 Å². The van der Waals surface area contributed by atoms with Crippen LogP contribution >= 0.6 is 27.7 Å². The fraction of sp³-hybridized carbons (Fsp3) is 0.0400. The molecule has 1 nitrogen and oxygen atoms in total. The molecule has 1 aliphatic heterocycles. The number of aliphatic hydroxyl groups is 1. The Bertz CT molecular complexity index is 1170. The van der Waals surface area contributed by atoms with E-state index in [0.717, 1.165) is 42.1 Å². The Labute approximate surface area is 177 Å². The number of hydrogen-bond donors (Lipinski definition) is 1. The first-order chi connectivity index (χ1) is 13.7. The van der Waals surface area contributed by atoms with Crippen molar-refractivity contribution in [1.29, 1.82) is 0 Å². The van der Waals surface area contributed by atoms with Crippen LogP contribution in [0.2, 0.25) is 0 Å². The molecule has 5 rings (SSSR count). The maximum atomic E-state index is 12.4. The molecule has 4 aromatic rings. The van der Waals surface area contributed by atoms with E-state index in [-0.39, 0.29) is 0 Å². The summed E-state index contributed by atoms with van der Waals surface area (Å²) in [6, 6.07) is 32.7. The normalized spacial score (nSPS) is 17.6. The first-order valence-electron chi connectivity index (χ1n) is 9.12. The van der Waals surface area contributed by atoms with Crippen LogP contribution in [0.5, 0.6) is 0 Å². The number of benzene rings is 4. The van der Waals surface area contributed by atoms with Crippen molar-refractivity contribution in [2.45, 2.75) is 15.4 Å². The van der Waals surface area contributed by atoms with Crippen molar-refractivity contribution in [2.24, 2.45) is 0 Å². The van der Waals surface area contributed by atoms with Gasteiger partial charge >= 0.3 is 0 Å². The zero-order valence-corrected chi connectivity index (χ0v) is 17.4. The second kappa shape index (κ2) is 6.93. The lowest BCUT2D eigenvalue weighted by atomic mass is 9.77. The third kappa shape index (κ3) is 2.74. The molecule has 0 saturated heterocycles. The fourth-order valence-corrected chi connectivity index (χ4v) is 5.47. The molecule has 1 heterocycles. The van der Waals surface area contributed by atoms with Crippen LogP contribution in [-0.4, -0.2) is 5.11 Å². The summed E-state index contributed by atoms with van der Waals surface area (Å²) in [5.41, 5.74) is 3.64. The minimum atomic E-state index is -1.23. The van der Waals surface area contributed by atoms with E-state index in [2.05, 4.69) is 46.3 Å². The minimum Gasteiger partial charge on any atom is -0.376 e. The van der Waals surface area contributed by atoms with Gasteiger partial charge in [0.05, 0.1) is 0 Å². The predicted molar refractivity (Wildman–Crippen MR) is 119 cm³/mol. The standard InChI is InChI=1S/C25H17BrOS/c26-18-14-15-24-22(16-18)25(27,21-12-6-7-13-23(21)28-24)20-11-5-4-10-19(20)17-8-2-1-3-9-17/h1-16,27H. The van der Waals surface area contributed by atoms with Crippen molar-refractivity contribution in [1.82, 2.24) is 0 Å². The quantitative estimate of drug-likeness (QED) is 0.364. The van der Waals surface area contributed by atoms with Crippen LogP contribution in [0, 0.1) is 0 Å². The van der Waals surface area contributed by atoms with Gasteiger partial charge in [-0.25, -0.2) is 0 Å². The van der Waals surface area contributed by atoms with Crippen molar-refractivity contribution in [3.05, 3.63) is 118 Å². The van der Waals surface area contributed by atoms with Crippen molar-refractivity contribution in [2.75, 3.05) is 0 Å². The van der Waals surface area contributed by atoms with Gasteiger partial charge in [0.2, 0.25) is 0 Å². The molecule has 0 fully saturated rings. The largest absolute Gasteiger partial charge is 0.376 e. The zero-order chi connectivity index (χ0) is 19.1. The number of fused-ring (bicyclic) bond motifs is 2. The molecule has 4 aromatic carbocycles. The third-order valence-corrected chi connectivity index (χ3v) is 6.87. The van der Waals surface area contributed by atoms with E-state index < -0.39 is 5.60 Å². The van der Waals surface area contributed by atoms with Gasteiger partial charge < -0.3 is 5.11 Å². The molecule has 0 amide bonds. The number of hydrogen-bond acceptors (Lipinski definition) is 2. The zero-order valence-electron chi connectivity index (χ0n) is 15.0. The fourth-order valence-electron chi connectivity index (χ4n) is 3.95. The average Bonchev–Trinajstić information content (AvgIpc) is 2.75. The molecule has 1 unspecified atom stereocenters. The van der Waals surface area contributed by atoms with Crippen molar-refractivity contribution in [3.8, 4) is 11.1 Å². The SMILES string of the molecule is OC1(c2ccccc2-c2ccccc2)c2ccccc2Sc2ccc(Br)cc21. The van der Waals surface area contributed by atoms with Crippen molar-refractivity contribution in [3.63, 3.8) is 0 Å². The van der Waals surface area contributed by atoms with Crippen LogP contribution < -0.4 is 0 Å². The molecule has 136 valence electrons. The predicted octanol–water partition coefficient (Wildman–Crippen LogP) is 6.86. The lowest BCUT2D eigenvalue weighted by molar-refractivity contribution is 0.119. The van der Waals surface area contributed by atoms with E-state index in [1.165, 1.54) is 0 Å². The molecule has 0 saturated carbocycles. The number of halogens is 1. The first-order valence-corrected chi connectivity index (χ1v) is 10.7. The maximum absolute atomic E-state index is 12.4. The van der Waals surface area contributed by atoms with Gasteiger partial charge in [-0.1, -0.05) is 100 Å². The van der Waals surface area contributed by atoms with Crippen LogP contribution in [0.4, 0.5) is 0 Å². The number of rotatable bonds is 2. The summed E-state index contributed by atoms with van der Waals surface area (Å²) in [7, 11) is 0. The van der Waals surface area contributed by atoms with Gasteiger partial charge in [0.15, 0.2) is 0 Å². The molecule has 1 atom stereocenters. The summed E-state index contributed by atoms with van der Waals surface area (Å²) in [5.74, 6) is 0. The van der Waals surface area contributed by atoms with Gasteiger partial charge in [-0.2, -0.15) is 0 Å². The Morgan fingerprint density at radius 1 is 0.643 bits per heavy atom. The highest BCUT2D eigenvalue weighted by Crippen LogP contribution is 2.53. The molecule has 1 aliphatic rings. The first kappa shape index (κ1) is 17.7. The smallest absolute Gasteiger partial charge is 0.143 e. The van der Waals surface area contributed by atoms with Crippen LogP contribution in [-0.2, 0) is 5.60 Å². The Balaban J connectivity index is 1.85. The summed E-state index contributed by atoms with van der Waals surface area (Å²) in [6.07, 6.45) is 0. The van der Waals surface area contributed by atoms with E-state index in [4.69, 9.17) is 0 Å². The van der Waals surface area contributed by atoms with Crippen LogP contribution in [0.25, 0.3) is 11.1 Å². The monoisotopic (exact) mass is 444 g/mol. The van der Waals surface area contributed by atoms with Gasteiger partial charge in [-0.3, -0.25) is 0 Å². The Kier molecular flexibility index (Phi) is 4.39. The molecular formula is C25H17BrOS. The van der Waals surface area contributed by atoms with Crippen LogP contribution in [0.3, 0.4) is 0 Å². The molecule has 28 heavy (non-hydrogen) atoms. The second-order valence-electron chi connectivity index (χ2n) is 6.86. The third-order valence-electron chi connectivity index (χ3n) is 5.23. The molecule has 0 bridgehead atoms. The Hall–Kier alpha value is -2.33. The molecule has 0 spiro atoms. The molecule has 0 radical (unpaired) electrons. The summed E-state index contributed by atoms with van der Waals surface area (Å²) in [6.45, 7) is 0. The lowest BCUT2D eigenvalue weighted by Gasteiger charge is -2.38. The molecule has 1 N–H and O–H groups in total. The molecule has 0 aromatic heterocycles. The Morgan fingerprint density at radius 3 is 2.11 bits per heavy atom. The summed E-state index contributed by atoms with van der Waals surface area (Å²) < 4.78 is 0.960.